The summed E-state index contributed by atoms with van der Waals surface area (Å²) in [6, 6.07) is 9.94. The van der Waals surface area contributed by atoms with E-state index in [2.05, 4.69) is 39.2 Å². The highest BCUT2D eigenvalue weighted by molar-refractivity contribution is 6.30. The van der Waals surface area contributed by atoms with Gasteiger partial charge in [0.15, 0.2) is 16.8 Å². The third-order valence-corrected chi connectivity index (χ3v) is 6.60. The molecule has 2 heterocycles. The van der Waals surface area contributed by atoms with E-state index in [1.165, 1.54) is 23.4 Å². The molecule has 33 heavy (non-hydrogen) atoms. The minimum absolute atomic E-state index is 0.00676. The van der Waals surface area contributed by atoms with Crippen molar-refractivity contribution in [3.63, 3.8) is 0 Å². The minimum Gasteiger partial charge on any atom is -0.382 e. The molecule has 1 aliphatic rings. The molecule has 0 aliphatic heterocycles. The van der Waals surface area contributed by atoms with Gasteiger partial charge in [0.05, 0.1) is 11.4 Å². The number of nitrogens with zero attached hydrogens (tertiary/aromatic N) is 3. The predicted molar refractivity (Wildman–Crippen MR) is 129 cm³/mol. The smallest absolute Gasteiger partial charge is 0.169 e. The normalized spacial score (nSPS) is 19.0. The van der Waals surface area contributed by atoms with Crippen LogP contribution in [0.25, 0.3) is 0 Å². The van der Waals surface area contributed by atoms with E-state index in [-0.39, 0.29) is 34.0 Å². The van der Waals surface area contributed by atoms with Crippen molar-refractivity contribution in [2.24, 2.45) is 11.7 Å². The van der Waals surface area contributed by atoms with E-state index in [0.717, 1.165) is 50.6 Å². The maximum atomic E-state index is 14.3. The fraction of sp³-hybridized carbons (Fsp3) is 0.360. The van der Waals surface area contributed by atoms with Crippen molar-refractivity contribution in [2.75, 3.05) is 5.73 Å². The van der Waals surface area contributed by atoms with Crippen molar-refractivity contribution < 1.29 is 4.39 Å². The standard InChI is InChI=1S/C25H28ClFN6/c26-24-21(27)19(11-12-31-24)22(29)23-25(30)33-17(14-32-23)13-15-5-3-8-16-7-1-2-9-18(16)20(28)10-4-6-15/h1-2,7,9,11-12,14-15,20,29H,3-6,8,10,13,28H2,(H2,30,33)/t15?,20-/m0/s1. The van der Waals surface area contributed by atoms with E-state index in [4.69, 9.17) is 28.5 Å². The highest BCUT2D eigenvalue weighted by atomic mass is 35.5. The quantitative estimate of drug-likeness (QED) is 0.368. The first-order valence-corrected chi connectivity index (χ1v) is 11.7. The lowest BCUT2D eigenvalue weighted by molar-refractivity contribution is 0.397. The summed E-state index contributed by atoms with van der Waals surface area (Å²) in [6.07, 6.45) is 10.0. The SMILES string of the molecule is N=C(c1ccnc(Cl)c1F)c1ncc(CC2CCCc3ccccc3[C@@H](N)CCC2)nc1N. The average Bonchev–Trinajstić information content (AvgIpc) is 2.80. The van der Waals surface area contributed by atoms with Crippen molar-refractivity contribution in [2.45, 2.75) is 51.0 Å². The molecule has 0 saturated carbocycles. The van der Waals surface area contributed by atoms with Crippen LogP contribution in [0.1, 0.15) is 66.2 Å². The number of nitrogens with one attached hydrogen (secondary N) is 1. The second-order valence-corrected chi connectivity index (χ2v) is 8.99. The Bertz CT molecular complexity index is 1150. The average molecular weight is 467 g/mol. The van der Waals surface area contributed by atoms with Crippen LogP contribution in [0.5, 0.6) is 0 Å². The van der Waals surface area contributed by atoms with Crippen molar-refractivity contribution in [3.8, 4) is 0 Å². The molecule has 1 aliphatic carbocycles. The topological polar surface area (TPSA) is 115 Å². The van der Waals surface area contributed by atoms with Crippen molar-refractivity contribution in [3.05, 3.63) is 81.8 Å². The summed E-state index contributed by atoms with van der Waals surface area (Å²) < 4.78 is 14.3. The van der Waals surface area contributed by atoms with E-state index in [9.17, 15) is 4.39 Å². The molecule has 172 valence electrons. The number of pyridine rings is 1. The second kappa shape index (κ2) is 10.4. The van der Waals surface area contributed by atoms with Gasteiger partial charge in [0.25, 0.3) is 0 Å². The van der Waals surface area contributed by atoms with E-state index in [0.29, 0.717) is 5.92 Å². The molecule has 4 rings (SSSR count). The Morgan fingerprint density at radius 2 is 1.91 bits per heavy atom. The molecule has 2 aromatic heterocycles. The summed E-state index contributed by atoms with van der Waals surface area (Å²) in [5.74, 6) is -0.200. The molecule has 8 heteroatoms. The summed E-state index contributed by atoms with van der Waals surface area (Å²) in [6.45, 7) is 0. The zero-order chi connectivity index (χ0) is 23.4. The fourth-order valence-corrected chi connectivity index (χ4v) is 4.76. The summed E-state index contributed by atoms with van der Waals surface area (Å²) in [5, 5.41) is 8.04. The van der Waals surface area contributed by atoms with Crippen molar-refractivity contribution in [1.82, 2.24) is 15.0 Å². The molecule has 0 bridgehead atoms. The number of hydrogen-bond donors (Lipinski definition) is 3. The molecule has 0 amide bonds. The van der Waals surface area contributed by atoms with E-state index < -0.39 is 5.82 Å². The van der Waals surface area contributed by atoms with Gasteiger partial charge in [-0.1, -0.05) is 48.7 Å². The number of aromatic nitrogens is 3. The van der Waals surface area contributed by atoms with Gasteiger partial charge in [0, 0.05) is 24.0 Å². The Kier molecular flexibility index (Phi) is 7.30. The van der Waals surface area contributed by atoms with Gasteiger partial charge in [0.2, 0.25) is 0 Å². The van der Waals surface area contributed by atoms with Gasteiger partial charge in [-0.2, -0.15) is 0 Å². The van der Waals surface area contributed by atoms with E-state index in [1.807, 2.05) is 0 Å². The molecule has 3 aromatic rings. The van der Waals surface area contributed by atoms with Crippen molar-refractivity contribution >= 4 is 23.1 Å². The molecule has 0 spiro atoms. The number of halogens is 2. The van der Waals surface area contributed by atoms with Gasteiger partial charge >= 0.3 is 0 Å². The molecule has 2 atom stereocenters. The number of nitrogens with two attached hydrogens (primary N) is 2. The van der Waals surface area contributed by atoms with Crippen LogP contribution in [-0.4, -0.2) is 20.7 Å². The number of hydrogen-bond acceptors (Lipinski definition) is 6. The van der Waals surface area contributed by atoms with Crippen LogP contribution in [0.2, 0.25) is 5.15 Å². The largest absolute Gasteiger partial charge is 0.382 e. The van der Waals surface area contributed by atoms with Crippen LogP contribution in [-0.2, 0) is 12.8 Å². The highest BCUT2D eigenvalue weighted by Crippen LogP contribution is 2.29. The fourth-order valence-electron chi connectivity index (χ4n) is 4.60. The first-order valence-electron chi connectivity index (χ1n) is 11.3. The molecule has 6 nitrogen and oxygen atoms in total. The Balaban J connectivity index is 1.46. The third-order valence-electron chi connectivity index (χ3n) is 6.34. The van der Waals surface area contributed by atoms with Gasteiger partial charge in [-0.3, -0.25) is 5.41 Å². The van der Waals surface area contributed by atoms with Crippen LogP contribution in [0, 0.1) is 17.1 Å². The first-order chi connectivity index (χ1) is 15.9. The number of benzene rings is 1. The second-order valence-electron chi connectivity index (χ2n) is 8.63. The van der Waals surface area contributed by atoms with Gasteiger partial charge in [-0.25, -0.2) is 19.3 Å². The maximum Gasteiger partial charge on any atom is 0.169 e. The van der Waals surface area contributed by atoms with E-state index in [1.54, 1.807) is 6.20 Å². The lowest BCUT2D eigenvalue weighted by atomic mass is 9.85. The molecule has 0 fully saturated rings. The van der Waals surface area contributed by atoms with E-state index >= 15 is 0 Å². The number of aryl methyl sites for hydroxylation is 1. The molecule has 1 aromatic carbocycles. The van der Waals surface area contributed by atoms with Crippen LogP contribution < -0.4 is 11.5 Å². The van der Waals surface area contributed by atoms with Crippen molar-refractivity contribution in [1.29, 1.82) is 5.41 Å². The van der Waals surface area contributed by atoms with Crippen LogP contribution in [0.15, 0.2) is 42.7 Å². The lowest BCUT2D eigenvalue weighted by Gasteiger charge is -2.22. The predicted octanol–water partition coefficient (Wildman–Crippen LogP) is 5.03. The summed E-state index contributed by atoms with van der Waals surface area (Å²) in [4.78, 5) is 12.5. The zero-order valence-electron chi connectivity index (χ0n) is 18.4. The summed E-state index contributed by atoms with van der Waals surface area (Å²) >= 11 is 5.74. The van der Waals surface area contributed by atoms with Crippen LogP contribution in [0.3, 0.4) is 0 Å². The van der Waals surface area contributed by atoms with Crippen LogP contribution >= 0.6 is 11.6 Å². The number of anilines is 1. The molecular weight excluding hydrogens is 439 g/mol. The monoisotopic (exact) mass is 466 g/mol. The van der Waals surface area contributed by atoms with Crippen LogP contribution in [0.4, 0.5) is 10.2 Å². The van der Waals surface area contributed by atoms with Gasteiger partial charge < -0.3 is 11.5 Å². The minimum atomic E-state index is -0.768. The number of rotatable bonds is 4. The highest BCUT2D eigenvalue weighted by Gasteiger charge is 2.20. The lowest BCUT2D eigenvalue weighted by Crippen LogP contribution is -2.17. The number of fused-ring (bicyclic) bond motifs is 1. The number of nitrogen functional groups attached to an aromatic ring is 1. The molecule has 0 radical (unpaired) electrons. The first kappa shape index (κ1) is 23.3. The molecule has 1 unspecified atom stereocenters. The Hall–Kier alpha value is -2.90. The van der Waals surface area contributed by atoms with Gasteiger partial charge in [-0.05, 0) is 55.2 Å². The van der Waals surface area contributed by atoms with Gasteiger partial charge in [-0.15, -0.1) is 0 Å². The van der Waals surface area contributed by atoms with Gasteiger partial charge in [0.1, 0.15) is 5.69 Å². The molecule has 0 saturated heterocycles. The zero-order valence-corrected chi connectivity index (χ0v) is 19.2. The third kappa shape index (κ3) is 5.37. The molecule has 5 N–H and O–H groups in total. The molecular formula is C25H28ClFN6. The Labute approximate surface area is 198 Å². The summed E-state index contributed by atoms with van der Waals surface area (Å²) in [7, 11) is 0. The maximum absolute atomic E-state index is 14.3. The Morgan fingerprint density at radius 1 is 1.12 bits per heavy atom. The Morgan fingerprint density at radius 3 is 2.73 bits per heavy atom. The summed E-state index contributed by atoms with van der Waals surface area (Å²) in [5.41, 5.74) is 16.0.